The van der Waals surface area contributed by atoms with Gasteiger partial charge in [-0.3, -0.25) is 4.79 Å². The molecule has 0 spiro atoms. The van der Waals surface area contributed by atoms with Crippen LogP contribution in [0.2, 0.25) is 0 Å². The largest absolute Gasteiger partial charge is 0.391 e. The van der Waals surface area contributed by atoms with Crippen LogP contribution < -0.4 is 10.6 Å². The molecule has 0 saturated carbocycles. The number of nitrogens with zero attached hydrogens (tertiary/aromatic N) is 1. The number of hydrogen-bond acceptors (Lipinski definition) is 3. The number of hydrogen-bond donors (Lipinski definition) is 2. The number of carbonyl (C=O) groups is 1. The first-order valence-corrected chi connectivity index (χ1v) is 10.3. The maximum Gasteiger partial charge on any atom is 0.239 e. The lowest BCUT2D eigenvalue weighted by molar-refractivity contribution is -0.132. The van der Waals surface area contributed by atoms with Crippen molar-refractivity contribution in [2.75, 3.05) is 13.6 Å². The Hall–Kier alpha value is -2.59. The average Bonchev–Trinajstić information content (AvgIpc) is 2.70. The van der Waals surface area contributed by atoms with Gasteiger partial charge in [0.1, 0.15) is 0 Å². The zero-order valence-corrected chi connectivity index (χ0v) is 18.3. The van der Waals surface area contributed by atoms with Crippen molar-refractivity contribution in [3.8, 4) is 0 Å². The zero-order chi connectivity index (χ0) is 21.2. The number of rotatable bonds is 11. The van der Waals surface area contributed by atoms with Crippen LogP contribution in [0.25, 0.3) is 0 Å². The lowest BCUT2D eigenvalue weighted by atomic mass is 10.0. The van der Waals surface area contributed by atoms with Gasteiger partial charge in [-0.05, 0) is 56.5 Å². The molecular weight excluding hydrogens is 358 g/mol. The van der Waals surface area contributed by atoms with Crippen molar-refractivity contribution >= 4 is 5.91 Å². The molecule has 0 aliphatic heterocycles. The van der Waals surface area contributed by atoms with Crippen LogP contribution in [0.4, 0.5) is 0 Å². The predicted octanol–water partition coefficient (Wildman–Crippen LogP) is 4.24. The normalized spacial score (nSPS) is 11.7. The third kappa shape index (κ3) is 7.39. The molecule has 0 heterocycles. The molecule has 156 valence electrons. The predicted molar refractivity (Wildman–Crippen MR) is 122 cm³/mol. The van der Waals surface area contributed by atoms with E-state index in [9.17, 15) is 4.79 Å². The molecule has 1 amide bonds. The van der Waals surface area contributed by atoms with Crippen molar-refractivity contribution in [1.29, 1.82) is 0 Å². The van der Waals surface area contributed by atoms with Crippen molar-refractivity contribution in [2.24, 2.45) is 0 Å². The van der Waals surface area contributed by atoms with E-state index in [4.69, 9.17) is 0 Å². The number of aryl methyl sites for hydroxylation is 3. The number of carbonyl (C=O) groups excluding carboxylic acids is 1. The average molecular weight is 394 g/mol. The first kappa shape index (κ1) is 22.7. The van der Waals surface area contributed by atoms with Crippen LogP contribution >= 0.6 is 0 Å². The zero-order valence-electron chi connectivity index (χ0n) is 18.3. The van der Waals surface area contributed by atoms with Crippen molar-refractivity contribution in [3.63, 3.8) is 0 Å². The summed E-state index contributed by atoms with van der Waals surface area (Å²) in [5, 5.41) is 6.62. The molecule has 2 aromatic carbocycles. The van der Waals surface area contributed by atoms with Crippen LogP contribution in [0.5, 0.6) is 0 Å². The third-order valence-corrected chi connectivity index (χ3v) is 5.21. The van der Waals surface area contributed by atoms with Gasteiger partial charge in [0.15, 0.2) is 0 Å². The van der Waals surface area contributed by atoms with E-state index in [-0.39, 0.29) is 11.9 Å². The van der Waals surface area contributed by atoms with E-state index < -0.39 is 0 Å². The van der Waals surface area contributed by atoms with Crippen LogP contribution in [0, 0.1) is 20.8 Å². The van der Waals surface area contributed by atoms with Gasteiger partial charge in [0.25, 0.3) is 0 Å². The topological polar surface area (TPSA) is 44.4 Å². The van der Waals surface area contributed by atoms with Gasteiger partial charge in [0, 0.05) is 26.7 Å². The summed E-state index contributed by atoms with van der Waals surface area (Å²) in [4.78, 5) is 15.0. The van der Waals surface area contributed by atoms with E-state index in [0.717, 1.165) is 24.9 Å². The van der Waals surface area contributed by atoms with Crippen LogP contribution in [0.15, 0.2) is 55.2 Å². The Morgan fingerprint density at radius 1 is 1.10 bits per heavy atom. The van der Waals surface area contributed by atoms with Crippen LogP contribution in [-0.2, 0) is 17.9 Å². The minimum atomic E-state index is -0.210. The van der Waals surface area contributed by atoms with Crippen molar-refractivity contribution < 1.29 is 4.79 Å². The third-order valence-electron chi connectivity index (χ3n) is 5.21. The Balaban J connectivity index is 2.02. The van der Waals surface area contributed by atoms with E-state index in [1.54, 1.807) is 6.20 Å². The molecule has 0 aromatic heterocycles. The Kier molecular flexibility index (Phi) is 8.94. The monoisotopic (exact) mass is 393 g/mol. The van der Waals surface area contributed by atoms with E-state index in [0.29, 0.717) is 13.1 Å². The lowest BCUT2D eigenvalue weighted by Gasteiger charge is -2.25. The molecule has 4 nitrogen and oxygen atoms in total. The summed E-state index contributed by atoms with van der Waals surface area (Å²) in [5.41, 5.74) is 6.12. The Bertz CT molecular complexity index is 798. The molecule has 2 N–H and O–H groups in total. The highest BCUT2D eigenvalue weighted by Gasteiger charge is 2.21. The van der Waals surface area contributed by atoms with Crippen molar-refractivity contribution in [3.05, 3.63) is 83.1 Å². The first-order valence-electron chi connectivity index (χ1n) is 10.3. The number of likely N-dealkylation sites (N-methyl/N-ethyl adjacent to an activating group) is 1. The van der Waals surface area contributed by atoms with Gasteiger partial charge in [-0.25, -0.2) is 0 Å². The highest BCUT2D eigenvalue weighted by atomic mass is 16.2. The fourth-order valence-corrected chi connectivity index (χ4v) is 3.41. The van der Waals surface area contributed by atoms with Crippen LogP contribution in [0.3, 0.4) is 0 Å². The van der Waals surface area contributed by atoms with E-state index in [2.05, 4.69) is 80.4 Å². The molecule has 1 unspecified atom stereocenters. The summed E-state index contributed by atoms with van der Waals surface area (Å²) in [7, 11) is 1.88. The summed E-state index contributed by atoms with van der Waals surface area (Å²) in [5.74, 6) is 0.133. The molecule has 0 aliphatic rings. The highest BCUT2D eigenvalue weighted by Crippen LogP contribution is 2.13. The molecule has 2 aromatic rings. The fraction of sp³-hybridized carbons (Fsp3) is 0.400. The summed E-state index contributed by atoms with van der Waals surface area (Å²) in [6.07, 6.45) is 3.38. The van der Waals surface area contributed by atoms with Gasteiger partial charge >= 0.3 is 0 Å². The standard InChI is InChI=1S/C25H35N3O/c1-6-26-15-7-8-24(27-17-23-14-11-20(3)16-21(23)4)25(29)28(5)18-22-12-9-19(2)10-13-22/h6,9-14,16,24,26-27H,1,7-8,15,17-18H2,2-5H3. The molecule has 4 heteroatoms. The van der Waals surface area contributed by atoms with Crippen molar-refractivity contribution in [1.82, 2.24) is 15.5 Å². The van der Waals surface area contributed by atoms with Gasteiger partial charge in [-0.1, -0.05) is 60.2 Å². The molecule has 0 aliphatic carbocycles. The summed E-state index contributed by atoms with van der Waals surface area (Å²) < 4.78 is 0. The second-order valence-corrected chi connectivity index (χ2v) is 7.84. The molecule has 0 saturated heterocycles. The fourth-order valence-electron chi connectivity index (χ4n) is 3.41. The molecule has 2 rings (SSSR count). The van der Waals surface area contributed by atoms with E-state index in [1.807, 2.05) is 11.9 Å². The Morgan fingerprint density at radius 3 is 2.45 bits per heavy atom. The van der Waals surface area contributed by atoms with Gasteiger partial charge in [0.2, 0.25) is 5.91 Å². The minimum absolute atomic E-state index is 0.133. The second kappa shape index (κ2) is 11.4. The highest BCUT2D eigenvalue weighted by molar-refractivity contribution is 5.81. The lowest BCUT2D eigenvalue weighted by Crippen LogP contribution is -2.44. The maximum atomic E-state index is 13.2. The molecule has 1 atom stereocenters. The van der Waals surface area contributed by atoms with Gasteiger partial charge in [-0.2, -0.15) is 0 Å². The summed E-state index contributed by atoms with van der Waals surface area (Å²) in [6.45, 7) is 12.1. The molecule has 0 bridgehead atoms. The Labute approximate surface area is 176 Å². The molecule has 0 fully saturated rings. The van der Waals surface area contributed by atoms with Gasteiger partial charge in [-0.15, -0.1) is 0 Å². The first-order chi connectivity index (χ1) is 13.9. The smallest absolute Gasteiger partial charge is 0.239 e. The molecule has 29 heavy (non-hydrogen) atoms. The van der Waals surface area contributed by atoms with Crippen LogP contribution in [0.1, 0.15) is 40.7 Å². The summed E-state index contributed by atoms with van der Waals surface area (Å²) in [6, 6.07) is 14.6. The Morgan fingerprint density at radius 2 is 1.79 bits per heavy atom. The van der Waals surface area contributed by atoms with Crippen LogP contribution in [-0.4, -0.2) is 30.4 Å². The SMILES string of the molecule is C=CNCCCC(NCc1ccc(C)cc1C)C(=O)N(C)Cc1ccc(C)cc1. The minimum Gasteiger partial charge on any atom is -0.391 e. The number of benzene rings is 2. The van der Waals surface area contributed by atoms with E-state index in [1.165, 1.54) is 22.3 Å². The van der Waals surface area contributed by atoms with E-state index >= 15 is 0 Å². The molecule has 0 radical (unpaired) electrons. The number of amides is 1. The van der Waals surface area contributed by atoms with Crippen molar-refractivity contribution in [2.45, 2.75) is 52.7 Å². The quantitative estimate of drug-likeness (QED) is 0.561. The van der Waals surface area contributed by atoms with Gasteiger partial charge < -0.3 is 15.5 Å². The summed E-state index contributed by atoms with van der Waals surface area (Å²) >= 11 is 0. The number of nitrogens with one attached hydrogen (secondary N) is 2. The maximum absolute atomic E-state index is 13.2. The second-order valence-electron chi connectivity index (χ2n) is 7.84. The molecular formula is C25H35N3O. The van der Waals surface area contributed by atoms with Gasteiger partial charge in [0.05, 0.1) is 6.04 Å².